The second-order valence-corrected chi connectivity index (χ2v) is 9.69. The number of aromatic nitrogens is 4. The molecule has 42 heavy (non-hydrogen) atoms. The van der Waals surface area contributed by atoms with Crippen LogP contribution in [-0.2, 0) is 16.0 Å². The molecule has 4 heterocycles. The fourth-order valence-corrected chi connectivity index (χ4v) is 4.85. The largest absolute Gasteiger partial charge is 0.483 e. The lowest BCUT2D eigenvalue weighted by molar-refractivity contribution is -0.122. The van der Waals surface area contributed by atoms with Gasteiger partial charge < -0.3 is 20.6 Å². The first-order valence-corrected chi connectivity index (χ1v) is 13.1. The predicted molar refractivity (Wildman–Crippen MR) is 158 cm³/mol. The summed E-state index contributed by atoms with van der Waals surface area (Å²) >= 11 is 0. The summed E-state index contributed by atoms with van der Waals surface area (Å²) < 4.78 is 21.2. The number of carbonyl (C=O) groups is 2. The highest BCUT2D eigenvalue weighted by Gasteiger charge is 2.18. The summed E-state index contributed by atoms with van der Waals surface area (Å²) in [5.74, 6) is -0.656. The third-order valence-corrected chi connectivity index (χ3v) is 6.85. The van der Waals surface area contributed by atoms with E-state index >= 15 is 0 Å². The fourth-order valence-electron chi connectivity index (χ4n) is 4.85. The Hall–Kier alpha value is -5.35. The molecule has 0 amide bonds. The standard InChI is InChI=1S/C31H26FN5O2.CH2O2/c1-19-13-20(9-11-27(19)32)29-26(6-4-12-34-29)21-8-10-24-16-36-30(37(24)17-21)31(38)39-18-23(33)14-22-15-35-28-7-3-2-5-25(22)28;2-1-3/h2-13,15-17,23,35H,14,18,33H2,1H3;1H,(H,2,3)/t23-;/m1./s1. The third-order valence-electron chi connectivity index (χ3n) is 6.85. The van der Waals surface area contributed by atoms with E-state index in [9.17, 15) is 9.18 Å². The van der Waals surface area contributed by atoms with Gasteiger partial charge in [-0.3, -0.25) is 14.2 Å². The minimum atomic E-state index is -0.554. The molecule has 1 atom stereocenters. The number of hydrogen-bond donors (Lipinski definition) is 3. The summed E-state index contributed by atoms with van der Waals surface area (Å²) in [5.41, 5.74) is 12.9. The Morgan fingerprint density at radius 1 is 1.12 bits per heavy atom. The second kappa shape index (κ2) is 12.4. The summed E-state index contributed by atoms with van der Waals surface area (Å²) in [6.45, 7) is 1.53. The number of hydrogen-bond acceptors (Lipinski definition) is 6. The van der Waals surface area contributed by atoms with Crippen LogP contribution in [0.1, 0.15) is 21.7 Å². The van der Waals surface area contributed by atoms with Gasteiger partial charge in [0.15, 0.2) is 0 Å². The zero-order chi connectivity index (χ0) is 29.6. The molecular weight excluding hydrogens is 537 g/mol. The van der Waals surface area contributed by atoms with Crippen LogP contribution in [0, 0.1) is 12.7 Å². The molecular formula is C32H28FN5O4. The molecule has 0 unspecified atom stereocenters. The van der Waals surface area contributed by atoms with Crippen molar-refractivity contribution in [2.75, 3.05) is 6.61 Å². The van der Waals surface area contributed by atoms with Gasteiger partial charge in [0.25, 0.3) is 6.47 Å². The predicted octanol–water partition coefficient (Wildman–Crippen LogP) is 5.42. The molecule has 2 aromatic carbocycles. The van der Waals surface area contributed by atoms with E-state index < -0.39 is 5.97 Å². The number of carboxylic acid groups (broad SMARTS) is 1. The van der Waals surface area contributed by atoms with Gasteiger partial charge in [0.05, 0.1) is 17.4 Å². The number of nitrogens with one attached hydrogen (secondary N) is 1. The normalized spacial score (nSPS) is 11.6. The van der Waals surface area contributed by atoms with Crippen molar-refractivity contribution in [2.24, 2.45) is 5.73 Å². The first-order valence-electron chi connectivity index (χ1n) is 13.1. The van der Waals surface area contributed by atoms with Crippen molar-refractivity contribution >= 4 is 28.9 Å². The zero-order valence-electron chi connectivity index (χ0n) is 22.7. The van der Waals surface area contributed by atoms with Crippen molar-refractivity contribution in [3.8, 4) is 22.4 Å². The van der Waals surface area contributed by atoms with Crippen LogP contribution >= 0.6 is 0 Å². The van der Waals surface area contributed by atoms with Gasteiger partial charge >= 0.3 is 5.97 Å². The minimum Gasteiger partial charge on any atom is -0.483 e. The summed E-state index contributed by atoms with van der Waals surface area (Å²) in [7, 11) is 0. The molecule has 0 saturated carbocycles. The fraction of sp³-hybridized carbons (Fsp3) is 0.125. The number of benzene rings is 2. The van der Waals surface area contributed by atoms with Crippen LogP contribution in [0.5, 0.6) is 0 Å². The van der Waals surface area contributed by atoms with E-state index in [0.717, 1.165) is 38.7 Å². The lowest BCUT2D eigenvalue weighted by atomic mass is 9.99. The highest BCUT2D eigenvalue weighted by Crippen LogP contribution is 2.31. The lowest BCUT2D eigenvalue weighted by Gasteiger charge is -2.12. The minimum absolute atomic E-state index is 0.0591. The van der Waals surface area contributed by atoms with E-state index in [1.807, 2.05) is 60.9 Å². The first kappa shape index (κ1) is 28.2. The van der Waals surface area contributed by atoms with Crippen LogP contribution in [0.15, 0.2) is 91.5 Å². The highest BCUT2D eigenvalue weighted by atomic mass is 19.1. The van der Waals surface area contributed by atoms with Crippen LogP contribution in [0.4, 0.5) is 4.39 Å². The molecule has 0 radical (unpaired) electrons. The van der Waals surface area contributed by atoms with E-state index in [1.165, 1.54) is 6.07 Å². The maximum absolute atomic E-state index is 13.9. The van der Waals surface area contributed by atoms with E-state index in [2.05, 4.69) is 15.0 Å². The summed E-state index contributed by atoms with van der Waals surface area (Å²) in [4.78, 5) is 33.5. The number of imidazole rings is 1. The van der Waals surface area contributed by atoms with E-state index in [-0.39, 0.29) is 30.8 Å². The number of aryl methyl sites for hydroxylation is 1. The molecule has 6 aromatic rings. The van der Waals surface area contributed by atoms with Crippen molar-refractivity contribution < 1.29 is 23.8 Å². The Morgan fingerprint density at radius 2 is 1.90 bits per heavy atom. The van der Waals surface area contributed by atoms with Gasteiger partial charge in [-0.05, 0) is 60.9 Å². The van der Waals surface area contributed by atoms with Gasteiger partial charge in [-0.15, -0.1) is 0 Å². The molecule has 0 bridgehead atoms. The maximum Gasteiger partial charge on any atom is 0.374 e. The number of pyridine rings is 2. The van der Waals surface area contributed by atoms with Crippen molar-refractivity contribution in [2.45, 2.75) is 19.4 Å². The number of carbonyl (C=O) groups excluding carboxylic acids is 1. The van der Waals surface area contributed by atoms with E-state index in [0.29, 0.717) is 17.7 Å². The number of para-hydroxylation sites is 1. The molecule has 9 nitrogen and oxygen atoms in total. The van der Waals surface area contributed by atoms with Crippen LogP contribution in [0.25, 0.3) is 38.8 Å². The maximum atomic E-state index is 13.9. The van der Waals surface area contributed by atoms with Crippen molar-refractivity contribution in [1.29, 1.82) is 0 Å². The number of H-pyrrole nitrogens is 1. The van der Waals surface area contributed by atoms with Crippen LogP contribution in [0.3, 0.4) is 0 Å². The average molecular weight is 566 g/mol. The Bertz CT molecular complexity index is 1880. The number of halogens is 1. The zero-order valence-corrected chi connectivity index (χ0v) is 22.7. The van der Waals surface area contributed by atoms with Gasteiger partial charge in [0, 0.05) is 52.2 Å². The molecule has 4 N–H and O–H groups in total. The Balaban J connectivity index is 0.00000113. The Morgan fingerprint density at radius 3 is 2.71 bits per heavy atom. The average Bonchev–Trinajstić information content (AvgIpc) is 3.62. The van der Waals surface area contributed by atoms with Crippen molar-refractivity contribution in [3.05, 3.63) is 114 Å². The summed E-state index contributed by atoms with van der Waals surface area (Å²) in [6.07, 6.45) is 7.67. The molecule has 10 heteroatoms. The number of esters is 1. The Labute approximate surface area is 240 Å². The molecule has 0 fully saturated rings. The van der Waals surface area contributed by atoms with Crippen molar-refractivity contribution in [1.82, 2.24) is 19.4 Å². The van der Waals surface area contributed by atoms with Gasteiger partial charge in [-0.1, -0.05) is 30.3 Å². The number of rotatable bonds is 7. The number of nitrogens with zero attached hydrogens (tertiary/aromatic N) is 3. The second-order valence-electron chi connectivity index (χ2n) is 9.69. The lowest BCUT2D eigenvalue weighted by Crippen LogP contribution is -2.30. The van der Waals surface area contributed by atoms with E-state index in [4.69, 9.17) is 20.4 Å². The third kappa shape index (κ3) is 5.89. The molecule has 0 spiro atoms. The summed E-state index contributed by atoms with van der Waals surface area (Å²) in [6, 6.07) is 20.2. The van der Waals surface area contributed by atoms with Crippen LogP contribution < -0.4 is 5.73 Å². The Kier molecular flexibility index (Phi) is 8.35. The summed E-state index contributed by atoms with van der Waals surface area (Å²) in [5, 5.41) is 8.00. The number of aromatic amines is 1. The smallest absolute Gasteiger partial charge is 0.374 e. The van der Waals surface area contributed by atoms with Crippen molar-refractivity contribution in [3.63, 3.8) is 0 Å². The van der Waals surface area contributed by atoms with Crippen LogP contribution in [0.2, 0.25) is 0 Å². The molecule has 0 saturated heterocycles. The first-order chi connectivity index (χ1) is 20.4. The highest BCUT2D eigenvalue weighted by molar-refractivity contribution is 5.88. The molecule has 0 aliphatic carbocycles. The monoisotopic (exact) mass is 565 g/mol. The molecule has 212 valence electrons. The van der Waals surface area contributed by atoms with Gasteiger partial charge in [-0.2, -0.15) is 0 Å². The topological polar surface area (TPSA) is 136 Å². The van der Waals surface area contributed by atoms with E-state index in [1.54, 1.807) is 35.9 Å². The molecule has 4 aromatic heterocycles. The van der Waals surface area contributed by atoms with Crippen LogP contribution in [-0.4, -0.2) is 49.5 Å². The number of nitrogens with two attached hydrogens (primary N) is 1. The number of ether oxygens (including phenoxy) is 1. The van der Waals surface area contributed by atoms with Gasteiger partial charge in [0.2, 0.25) is 5.82 Å². The van der Waals surface area contributed by atoms with Gasteiger partial charge in [0.1, 0.15) is 12.4 Å². The molecule has 0 aliphatic heterocycles. The SMILES string of the molecule is Cc1cc(-c2ncccc2-c2ccc3cnc(C(=O)OC[C@H](N)Cc4c[nH]c5ccccc45)n3c2)ccc1F.O=CO. The van der Waals surface area contributed by atoms with Gasteiger partial charge in [-0.25, -0.2) is 14.2 Å². The molecule has 6 rings (SSSR count). The quantitative estimate of drug-likeness (QED) is 0.174. The number of fused-ring (bicyclic) bond motifs is 2. The molecule has 0 aliphatic rings.